The topological polar surface area (TPSA) is 103 Å². The molecule has 0 saturated carbocycles. The van der Waals surface area contributed by atoms with Gasteiger partial charge in [-0.3, -0.25) is 4.79 Å². The maximum atomic E-state index is 13.1. The standard InChI is InChI=1S/C18H17N7O/c26-18(14-9-8-13-16(21-14)23-24-22-13)25-10-4-3-7-15(25)17-19-11-5-1-2-6-12(11)20-17/h1-2,5-6,8-9,15H,3-4,7,10H2,(H,19,20)(H,21,22,23,24). The van der Waals surface area contributed by atoms with Crippen molar-refractivity contribution in [1.82, 2.24) is 35.3 Å². The van der Waals surface area contributed by atoms with Gasteiger partial charge in [0.1, 0.15) is 17.0 Å². The normalized spacial score (nSPS) is 17.8. The van der Waals surface area contributed by atoms with Crippen LogP contribution >= 0.6 is 0 Å². The Morgan fingerprint density at radius 3 is 2.88 bits per heavy atom. The fraction of sp³-hybridized carbons (Fsp3) is 0.278. The number of piperidine rings is 1. The van der Waals surface area contributed by atoms with Gasteiger partial charge in [-0.05, 0) is 43.5 Å². The average Bonchev–Trinajstić information content (AvgIpc) is 3.33. The number of hydrogen-bond acceptors (Lipinski definition) is 5. The first-order valence-corrected chi connectivity index (χ1v) is 8.73. The van der Waals surface area contributed by atoms with Crippen LogP contribution in [0.15, 0.2) is 36.4 Å². The zero-order valence-corrected chi connectivity index (χ0v) is 14.0. The minimum atomic E-state index is -0.0972. The highest BCUT2D eigenvalue weighted by molar-refractivity contribution is 5.94. The third kappa shape index (κ3) is 2.42. The fourth-order valence-corrected chi connectivity index (χ4v) is 3.59. The summed E-state index contributed by atoms with van der Waals surface area (Å²) in [5.41, 5.74) is 3.39. The number of amides is 1. The number of pyridine rings is 1. The summed E-state index contributed by atoms with van der Waals surface area (Å²) in [5.74, 6) is 0.738. The van der Waals surface area contributed by atoms with Gasteiger partial charge in [-0.2, -0.15) is 10.3 Å². The minimum absolute atomic E-state index is 0.0709. The number of carbonyl (C=O) groups is 1. The van der Waals surface area contributed by atoms with Crippen LogP contribution in [-0.2, 0) is 0 Å². The molecule has 1 fully saturated rings. The highest BCUT2D eigenvalue weighted by atomic mass is 16.2. The predicted molar refractivity (Wildman–Crippen MR) is 95.4 cm³/mol. The zero-order chi connectivity index (χ0) is 17.5. The van der Waals surface area contributed by atoms with Crippen molar-refractivity contribution in [2.24, 2.45) is 0 Å². The number of rotatable bonds is 2. The number of benzene rings is 1. The van der Waals surface area contributed by atoms with Gasteiger partial charge in [-0.1, -0.05) is 12.1 Å². The number of fused-ring (bicyclic) bond motifs is 2. The van der Waals surface area contributed by atoms with Crippen molar-refractivity contribution in [3.8, 4) is 0 Å². The monoisotopic (exact) mass is 347 g/mol. The van der Waals surface area contributed by atoms with E-state index in [0.29, 0.717) is 23.4 Å². The summed E-state index contributed by atoms with van der Waals surface area (Å²) in [6.07, 6.45) is 2.94. The summed E-state index contributed by atoms with van der Waals surface area (Å²) in [7, 11) is 0. The molecule has 26 heavy (non-hydrogen) atoms. The zero-order valence-electron chi connectivity index (χ0n) is 14.0. The van der Waals surface area contributed by atoms with Crippen molar-refractivity contribution in [2.75, 3.05) is 6.54 Å². The molecule has 1 unspecified atom stereocenters. The van der Waals surface area contributed by atoms with Crippen LogP contribution in [0.25, 0.3) is 22.2 Å². The van der Waals surface area contributed by atoms with Gasteiger partial charge in [-0.15, -0.1) is 5.10 Å². The third-order valence-corrected chi connectivity index (χ3v) is 4.89. The summed E-state index contributed by atoms with van der Waals surface area (Å²) in [6, 6.07) is 11.3. The van der Waals surface area contributed by atoms with E-state index in [9.17, 15) is 4.79 Å². The molecule has 1 saturated heterocycles. The summed E-state index contributed by atoms with van der Waals surface area (Å²) in [4.78, 5) is 27.4. The molecule has 1 aliphatic rings. The molecule has 1 aliphatic heterocycles. The maximum absolute atomic E-state index is 13.1. The molecule has 5 rings (SSSR count). The van der Waals surface area contributed by atoms with Gasteiger partial charge < -0.3 is 9.88 Å². The third-order valence-electron chi connectivity index (χ3n) is 4.89. The lowest BCUT2D eigenvalue weighted by Crippen LogP contribution is -2.39. The molecule has 0 spiro atoms. The Morgan fingerprint density at radius 1 is 1.04 bits per heavy atom. The first-order chi connectivity index (χ1) is 12.8. The van der Waals surface area contributed by atoms with Crippen molar-refractivity contribution < 1.29 is 4.79 Å². The second kappa shape index (κ2) is 5.91. The SMILES string of the molecule is O=C(c1ccc2n[nH]nc2n1)N1CCCCC1c1nc2ccccc2[nH]1. The molecule has 130 valence electrons. The summed E-state index contributed by atoms with van der Waals surface area (Å²) in [5, 5.41) is 10.5. The van der Waals surface area contributed by atoms with Crippen LogP contribution in [0.3, 0.4) is 0 Å². The lowest BCUT2D eigenvalue weighted by Gasteiger charge is -2.34. The number of aromatic amines is 2. The van der Waals surface area contributed by atoms with E-state index in [-0.39, 0.29) is 11.9 Å². The number of likely N-dealkylation sites (tertiary alicyclic amines) is 1. The molecule has 0 bridgehead atoms. The van der Waals surface area contributed by atoms with Crippen LogP contribution in [0.2, 0.25) is 0 Å². The van der Waals surface area contributed by atoms with E-state index in [2.05, 4.69) is 25.4 Å². The molecular weight excluding hydrogens is 330 g/mol. The predicted octanol–water partition coefficient (Wildman–Crippen LogP) is 2.60. The molecule has 4 heterocycles. The second-order valence-corrected chi connectivity index (χ2v) is 6.51. The van der Waals surface area contributed by atoms with Gasteiger partial charge in [-0.25, -0.2) is 9.97 Å². The Labute approximate surface area is 148 Å². The first-order valence-electron chi connectivity index (χ1n) is 8.73. The van der Waals surface area contributed by atoms with E-state index < -0.39 is 0 Å². The molecule has 8 heteroatoms. The van der Waals surface area contributed by atoms with Gasteiger partial charge >= 0.3 is 0 Å². The lowest BCUT2D eigenvalue weighted by atomic mass is 10.0. The highest BCUT2D eigenvalue weighted by Gasteiger charge is 2.31. The number of nitrogens with zero attached hydrogens (tertiary/aromatic N) is 5. The van der Waals surface area contributed by atoms with Crippen LogP contribution < -0.4 is 0 Å². The summed E-state index contributed by atoms with van der Waals surface area (Å²) < 4.78 is 0. The Hall–Kier alpha value is -3.29. The van der Waals surface area contributed by atoms with Gasteiger partial charge in [0, 0.05) is 6.54 Å². The molecule has 4 aromatic rings. The van der Waals surface area contributed by atoms with E-state index in [1.165, 1.54) is 0 Å². The van der Waals surface area contributed by atoms with Gasteiger partial charge in [0.05, 0.1) is 17.1 Å². The smallest absolute Gasteiger partial charge is 0.273 e. The number of H-pyrrole nitrogens is 2. The molecule has 2 N–H and O–H groups in total. The Kier molecular flexibility index (Phi) is 3.41. The number of hydrogen-bond donors (Lipinski definition) is 2. The van der Waals surface area contributed by atoms with E-state index in [4.69, 9.17) is 4.98 Å². The van der Waals surface area contributed by atoms with E-state index in [1.807, 2.05) is 29.2 Å². The van der Waals surface area contributed by atoms with Gasteiger partial charge in [0.15, 0.2) is 0 Å². The number of imidazole rings is 1. The summed E-state index contributed by atoms with van der Waals surface area (Å²) in [6.45, 7) is 0.694. The second-order valence-electron chi connectivity index (χ2n) is 6.51. The summed E-state index contributed by atoms with van der Waals surface area (Å²) >= 11 is 0. The molecule has 3 aromatic heterocycles. The minimum Gasteiger partial charge on any atom is -0.340 e. The van der Waals surface area contributed by atoms with Crippen molar-refractivity contribution in [2.45, 2.75) is 25.3 Å². The fourth-order valence-electron chi connectivity index (χ4n) is 3.59. The van der Waals surface area contributed by atoms with Gasteiger partial charge in [0.25, 0.3) is 5.91 Å². The van der Waals surface area contributed by atoms with Crippen molar-refractivity contribution in [3.05, 3.63) is 47.9 Å². The van der Waals surface area contributed by atoms with Crippen molar-refractivity contribution in [3.63, 3.8) is 0 Å². The largest absolute Gasteiger partial charge is 0.340 e. The molecule has 1 aromatic carbocycles. The maximum Gasteiger partial charge on any atom is 0.273 e. The molecule has 1 amide bonds. The van der Waals surface area contributed by atoms with E-state index in [1.54, 1.807) is 12.1 Å². The quantitative estimate of drug-likeness (QED) is 0.580. The molecule has 0 radical (unpaired) electrons. The Balaban J connectivity index is 1.51. The molecule has 1 atom stereocenters. The van der Waals surface area contributed by atoms with Crippen LogP contribution in [0.4, 0.5) is 0 Å². The van der Waals surface area contributed by atoms with Crippen LogP contribution in [-0.4, -0.2) is 47.7 Å². The van der Waals surface area contributed by atoms with Crippen LogP contribution in [0.1, 0.15) is 41.6 Å². The molecule has 0 aliphatic carbocycles. The Bertz CT molecular complexity index is 1070. The van der Waals surface area contributed by atoms with E-state index in [0.717, 1.165) is 36.1 Å². The van der Waals surface area contributed by atoms with Crippen LogP contribution in [0, 0.1) is 0 Å². The van der Waals surface area contributed by atoms with Crippen LogP contribution in [0.5, 0.6) is 0 Å². The lowest BCUT2D eigenvalue weighted by molar-refractivity contribution is 0.0595. The molecular formula is C18H17N7O. The number of aromatic nitrogens is 6. The number of para-hydroxylation sites is 2. The molecule has 8 nitrogen and oxygen atoms in total. The Morgan fingerprint density at radius 2 is 1.96 bits per heavy atom. The first kappa shape index (κ1) is 15.0. The van der Waals surface area contributed by atoms with Gasteiger partial charge in [0.2, 0.25) is 5.65 Å². The van der Waals surface area contributed by atoms with Crippen molar-refractivity contribution in [1.29, 1.82) is 0 Å². The number of carbonyl (C=O) groups excluding carboxylic acids is 1. The van der Waals surface area contributed by atoms with Crippen molar-refractivity contribution >= 4 is 28.1 Å². The number of nitrogens with one attached hydrogen (secondary N) is 2. The highest BCUT2D eigenvalue weighted by Crippen LogP contribution is 2.31. The average molecular weight is 347 g/mol. The van der Waals surface area contributed by atoms with E-state index >= 15 is 0 Å².